The van der Waals surface area contributed by atoms with Gasteiger partial charge in [0, 0.05) is 12.2 Å². The van der Waals surface area contributed by atoms with E-state index in [1.807, 2.05) is 0 Å². The maximum atomic E-state index is 10.1. The molecule has 0 spiro atoms. The average Bonchev–Trinajstić information content (AvgIpc) is 2.27. The molecule has 0 aromatic carbocycles. The number of hydrogen-bond acceptors (Lipinski definition) is 6. The summed E-state index contributed by atoms with van der Waals surface area (Å²) in [5.74, 6) is -2.83. The third-order valence-electron chi connectivity index (χ3n) is 1.74. The molecule has 0 saturated heterocycles. The first-order valence-electron chi connectivity index (χ1n) is 5.01. The summed E-state index contributed by atoms with van der Waals surface area (Å²) in [6.07, 6.45) is 0.491. The Hall–Kier alpha value is -1.32. The number of nitrogens with two attached hydrogens (primary N) is 2. The number of thiol groups is 1. The van der Waals surface area contributed by atoms with Crippen LogP contribution in [0.1, 0.15) is 19.3 Å². The molecule has 0 bridgehead atoms. The van der Waals surface area contributed by atoms with E-state index >= 15 is 0 Å². The summed E-state index contributed by atoms with van der Waals surface area (Å²) in [5, 5.41) is 24.5. The van der Waals surface area contributed by atoms with E-state index in [2.05, 4.69) is 12.6 Å². The first kappa shape index (κ1) is 19.0. The van der Waals surface area contributed by atoms with Gasteiger partial charge in [-0.1, -0.05) is 0 Å². The zero-order chi connectivity index (χ0) is 14.7. The van der Waals surface area contributed by atoms with E-state index in [-0.39, 0.29) is 18.6 Å². The van der Waals surface area contributed by atoms with Crippen molar-refractivity contribution in [3.63, 3.8) is 0 Å². The van der Waals surface area contributed by atoms with Crippen LogP contribution in [0.2, 0.25) is 0 Å². The molecule has 0 saturated carbocycles. The fourth-order valence-corrected chi connectivity index (χ4v) is 0.831. The van der Waals surface area contributed by atoms with E-state index in [0.717, 1.165) is 0 Å². The van der Waals surface area contributed by atoms with Crippen molar-refractivity contribution in [1.29, 1.82) is 0 Å². The van der Waals surface area contributed by atoms with Crippen molar-refractivity contribution in [1.82, 2.24) is 0 Å². The molecular formula is C9H18N2O6S. The van der Waals surface area contributed by atoms with Crippen molar-refractivity contribution in [2.45, 2.75) is 31.3 Å². The third kappa shape index (κ3) is 12.7. The van der Waals surface area contributed by atoms with E-state index in [9.17, 15) is 14.4 Å². The Morgan fingerprint density at radius 2 is 1.44 bits per heavy atom. The molecule has 0 heterocycles. The maximum Gasteiger partial charge on any atom is 0.321 e. The van der Waals surface area contributed by atoms with Crippen LogP contribution in [0.3, 0.4) is 0 Å². The van der Waals surface area contributed by atoms with Crippen LogP contribution in [0.5, 0.6) is 0 Å². The molecule has 106 valence electrons. The van der Waals surface area contributed by atoms with Gasteiger partial charge < -0.3 is 26.8 Å². The van der Waals surface area contributed by atoms with Crippen molar-refractivity contribution in [2.75, 3.05) is 5.75 Å². The van der Waals surface area contributed by atoms with Crippen molar-refractivity contribution < 1.29 is 29.7 Å². The summed E-state index contributed by atoms with van der Waals surface area (Å²) >= 11 is 3.65. The molecule has 0 aliphatic rings. The summed E-state index contributed by atoms with van der Waals surface area (Å²) < 4.78 is 0. The number of carboxylic acid groups (broad SMARTS) is 3. The van der Waals surface area contributed by atoms with E-state index in [4.69, 9.17) is 26.8 Å². The minimum Gasteiger partial charge on any atom is -0.481 e. The Bertz CT molecular complexity index is 286. The minimum absolute atomic E-state index is 0.0268. The first-order chi connectivity index (χ1) is 8.22. The highest BCUT2D eigenvalue weighted by molar-refractivity contribution is 7.80. The molecule has 18 heavy (non-hydrogen) atoms. The molecule has 0 fully saturated rings. The molecule has 9 heteroatoms. The van der Waals surface area contributed by atoms with Crippen LogP contribution < -0.4 is 11.5 Å². The summed E-state index contributed by atoms with van der Waals surface area (Å²) in [4.78, 5) is 29.8. The zero-order valence-electron chi connectivity index (χ0n) is 9.65. The highest BCUT2D eigenvalue weighted by Crippen LogP contribution is 1.98. The first-order valence-corrected chi connectivity index (χ1v) is 5.65. The van der Waals surface area contributed by atoms with Crippen LogP contribution in [0.15, 0.2) is 0 Å². The second kappa shape index (κ2) is 10.8. The van der Waals surface area contributed by atoms with Gasteiger partial charge in [-0.3, -0.25) is 14.4 Å². The molecule has 0 unspecified atom stereocenters. The summed E-state index contributed by atoms with van der Waals surface area (Å²) in [6, 6.07) is -1.75. The molecule has 0 aliphatic carbocycles. The quantitative estimate of drug-likeness (QED) is 0.323. The van der Waals surface area contributed by atoms with E-state index in [1.165, 1.54) is 0 Å². The van der Waals surface area contributed by atoms with Crippen LogP contribution in [-0.4, -0.2) is 51.1 Å². The molecule has 7 N–H and O–H groups in total. The third-order valence-corrected chi connectivity index (χ3v) is 2.13. The van der Waals surface area contributed by atoms with Crippen LogP contribution in [0.4, 0.5) is 0 Å². The lowest BCUT2D eigenvalue weighted by molar-refractivity contribution is -0.140. The smallest absolute Gasteiger partial charge is 0.321 e. The van der Waals surface area contributed by atoms with Gasteiger partial charge in [0.15, 0.2) is 0 Å². The van der Waals surface area contributed by atoms with E-state index in [1.54, 1.807) is 0 Å². The second-order valence-electron chi connectivity index (χ2n) is 3.36. The SMILES string of the molecule is N[C@@H](CCCC(=O)O)C(=O)O.N[C@@H](CS)C(=O)O. The Morgan fingerprint density at radius 3 is 1.67 bits per heavy atom. The lowest BCUT2D eigenvalue weighted by Crippen LogP contribution is -2.31. The molecule has 0 radical (unpaired) electrons. The zero-order valence-corrected chi connectivity index (χ0v) is 10.5. The molecule has 0 aromatic heterocycles. The molecule has 0 amide bonds. The van der Waals surface area contributed by atoms with E-state index < -0.39 is 30.0 Å². The van der Waals surface area contributed by atoms with Crippen LogP contribution in [0.25, 0.3) is 0 Å². The van der Waals surface area contributed by atoms with Gasteiger partial charge in [-0.05, 0) is 12.8 Å². The predicted molar refractivity (Wildman–Crippen MR) is 66.6 cm³/mol. The van der Waals surface area contributed by atoms with Gasteiger partial charge in [0.05, 0.1) is 0 Å². The van der Waals surface area contributed by atoms with Crippen LogP contribution in [-0.2, 0) is 14.4 Å². The molecule has 8 nitrogen and oxygen atoms in total. The fourth-order valence-electron chi connectivity index (χ4n) is 0.675. The standard InChI is InChI=1S/C6H11NO4.C3H7NO2S/c7-4(6(10)11)2-1-3-5(8)9;4-2(1-7)3(5)6/h4H,1-3,7H2,(H,8,9)(H,10,11);2,7H,1,4H2,(H,5,6)/t4-;2-/m00/s1. The topological polar surface area (TPSA) is 164 Å². The van der Waals surface area contributed by atoms with Gasteiger partial charge in [-0.2, -0.15) is 12.6 Å². The lowest BCUT2D eigenvalue weighted by atomic mass is 10.1. The van der Waals surface area contributed by atoms with E-state index in [0.29, 0.717) is 6.42 Å². The summed E-state index contributed by atoms with van der Waals surface area (Å²) in [5.41, 5.74) is 10.1. The fraction of sp³-hybridized carbons (Fsp3) is 0.667. The normalized spacial score (nSPS) is 12.8. The van der Waals surface area contributed by atoms with Gasteiger partial charge in [0.25, 0.3) is 0 Å². The van der Waals surface area contributed by atoms with Crippen molar-refractivity contribution in [3.05, 3.63) is 0 Å². The van der Waals surface area contributed by atoms with Crippen LogP contribution in [0, 0.1) is 0 Å². The molecule has 2 atom stereocenters. The highest BCUT2D eigenvalue weighted by Gasteiger charge is 2.10. The molecule has 0 rings (SSSR count). The number of carbonyl (C=O) groups is 3. The maximum absolute atomic E-state index is 10.1. The average molecular weight is 282 g/mol. The number of carboxylic acids is 3. The Balaban J connectivity index is 0. The number of aliphatic carboxylic acids is 3. The predicted octanol–water partition coefficient (Wildman–Crippen LogP) is -1.02. The summed E-state index contributed by atoms with van der Waals surface area (Å²) in [7, 11) is 0. The van der Waals surface area contributed by atoms with Gasteiger partial charge in [0.1, 0.15) is 12.1 Å². The second-order valence-corrected chi connectivity index (χ2v) is 3.72. The molecular weight excluding hydrogens is 264 g/mol. The number of rotatable bonds is 7. The Labute approximate surface area is 109 Å². The van der Waals surface area contributed by atoms with Gasteiger partial charge in [0.2, 0.25) is 0 Å². The highest BCUT2D eigenvalue weighted by atomic mass is 32.1. The van der Waals surface area contributed by atoms with Gasteiger partial charge in [-0.15, -0.1) is 0 Å². The minimum atomic E-state index is -1.09. The van der Waals surface area contributed by atoms with Crippen LogP contribution >= 0.6 is 12.6 Å². The van der Waals surface area contributed by atoms with Crippen molar-refractivity contribution in [3.8, 4) is 0 Å². The largest absolute Gasteiger partial charge is 0.481 e. The molecule has 0 aliphatic heterocycles. The summed E-state index contributed by atoms with van der Waals surface area (Å²) in [6.45, 7) is 0. The van der Waals surface area contributed by atoms with Crippen molar-refractivity contribution in [2.24, 2.45) is 11.5 Å². The monoisotopic (exact) mass is 282 g/mol. The number of hydrogen-bond donors (Lipinski definition) is 6. The van der Waals surface area contributed by atoms with Gasteiger partial charge >= 0.3 is 17.9 Å². The van der Waals surface area contributed by atoms with Gasteiger partial charge in [-0.25, -0.2) is 0 Å². The lowest BCUT2D eigenvalue weighted by Gasteiger charge is -2.02. The van der Waals surface area contributed by atoms with Crippen molar-refractivity contribution >= 4 is 30.5 Å². The molecule has 0 aromatic rings. The Kier molecular flexibility index (Phi) is 11.4. The Morgan fingerprint density at radius 1 is 1.00 bits per heavy atom.